The first-order valence-corrected chi connectivity index (χ1v) is 4.22. The van der Waals surface area contributed by atoms with Gasteiger partial charge in [-0.3, -0.25) is 0 Å². The molecular formula is C11H11NO. The number of isocyanates is 1. The number of para-hydroxylation sites is 1. The van der Waals surface area contributed by atoms with Crippen LogP contribution in [0.3, 0.4) is 0 Å². The molecule has 13 heavy (non-hydrogen) atoms. The molecule has 0 amide bonds. The normalized spacial score (nSPS) is 9.92. The molecule has 0 radical (unpaired) electrons. The van der Waals surface area contributed by atoms with Crippen LogP contribution < -0.4 is 0 Å². The lowest BCUT2D eigenvalue weighted by Gasteiger charge is -1.96. The number of carbonyl (C=O) groups excluding carboxylic acids is 1. The Balaban J connectivity index is 3.04. The van der Waals surface area contributed by atoms with Crippen molar-refractivity contribution in [2.45, 2.75) is 13.3 Å². The molecule has 0 aliphatic carbocycles. The molecule has 0 aromatic heterocycles. The van der Waals surface area contributed by atoms with E-state index in [1.807, 2.05) is 30.4 Å². The predicted octanol–water partition coefficient (Wildman–Crippen LogP) is 3.08. The Labute approximate surface area is 77.6 Å². The lowest BCUT2D eigenvalue weighted by atomic mass is 10.1. The van der Waals surface area contributed by atoms with Gasteiger partial charge in [-0.25, -0.2) is 4.79 Å². The van der Waals surface area contributed by atoms with Gasteiger partial charge >= 0.3 is 0 Å². The monoisotopic (exact) mass is 173 g/mol. The Morgan fingerprint density at radius 2 is 2.23 bits per heavy atom. The first-order chi connectivity index (χ1) is 6.38. The molecule has 0 bridgehead atoms. The third-order valence-corrected chi connectivity index (χ3v) is 1.64. The van der Waals surface area contributed by atoms with E-state index in [0.29, 0.717) is 5.69 Å². The van der Waals surface area contributed by atoms with Crippen LogP contribution >= 0.6 is 0 Å². The molecule has 0 saturated heterocycles. The van der Waals surface area contributed by atoms with Gasteiger partial charge in [-0.05, 0) is 12.5 Å². The number of nitrogens with zero attached hydrogens (tertiary/aromatic N) is 1. The maximum absolute atomic E-state index is 10.1. The summed E-state index contributed by atoms with van der Waals surface area (Å²) in [6.45, 7) is 2.06. The molecule has 2 heteroatoms. The topological polar surface area (TPSA) is 29.4 Å². The maximum atomic E-state index is 10.1. The summed E-state index contributed by atoms with van der Waals surface area (Å²) in [5.74, 6) is 0. The Morgan fingerprint density at radius 3 is 2.92 bits per heavy atom. The molecule has 0 fully saturated rings. The second-order valence-electron chi connectivity index (χ2n) is 2.57. The van der Waals surface area contributed by atoms with E-state index in [-0.39, 0.29) is 0 Å². The van der Waals surface area contributed by atoms with Crippen LogP contribution in [0.5, 0.6) is 0 Å². The average molecular weight is 173 g/mol. The molecule has 1 rings (SSSR count). The van der Waals surface area contributed by atoms with Crippen LogP contribution in [-0.4, -0.2) is 6.08 Å². The van der Waals surface area contributed by atoms with Crippen molar-refractivity contribution in [3.63, 3.8) is 0 Å². The van der Waals surface area contributed by atoms with Gasteiger partial charge in [0.2, 0.25) is 6.08 Å². The van der Waals surface area contributed by atoms with E-state index in [1.54, 1.807) is 12.1 Å². The van der Waals surface area contributed by atoms with E-state index in [0.717, 1.165) is 12.0 Å². The van der Waals surface area contributed by atoms with Crippen molar-refractivity contribution in [1.82, 2.24) is 0 Å². The largest absolute Gasteiger partial charge is 0.240 e. The molecule has 66 valence electrons. The zero-order valence-electron chi connectivity index (χ0n) is 7.53. The third-order valence-electron chi connectivity index (χ3n) is 1.64. The van der Waals surface area contributed by atoms with Crippen molar-refractivity contribution in [1.29, 1.82) is 0 Å². The van der Waals surface area contributed by atoms with Crippen molar-refractivity contribution in [3.05, 3.63) is 35.9 Å². The fourth-order valence-electron chi connectivity index (χ4n) is 1.02. The number of rotatable bonds is 3. The van der Waals surface area contributed by atoms with Gasteiger partial charge in [-0.15, -0.1) is 0 Å². The Bertz CT molecular complexity index is 349. The van der Waals surface area contributed by atoms with Crippen molar-refractivity contribution in [2.24, 2.45) is 4.99 Å². The van der Waals surface area contributed by atoms with E-state index in [2.05, 4.69) is 11.9 Å². The van der Waals surface area contributed by atoms with Gasteiger partial charge in [0.1, 0.15) is 0 Å². The summed E-state index contributed by atoms with van der Waals surface area (Å²) in [7, 11) is 0. The minimum atomic E-state index is 0.669. The van der Waals surface area contributed by atoms with E-state index in [4.69, 9.17) is 0 Å². The Hall–Kier alpha value is -1.66. The summed E-state index contributed by atoms with van der Waals surface area (Å²) < 4.78 is 0. The van der Waals surface area contributed by atoms with Gasteiger partial charge in [-0.1, -0.05) is 37.3 Å². The summed E-state index contributed by atoms with van der Waals surface area (Å²) in [5, 5.41) is 0. The SMILES string of the molecule is CCC=Cc1ccccc1N=C=O. The van der Waals surface area contributed by atoms with Crippen molar-refractivity contribution in [3.8, 4) is 0 Å². The smallest absolute Gasteiger partial charge is 0.211 e. The Morgan fingerprint density at radius 1 is 1.46 bits per heavy atom. The van der Waals surface area contributed by atoms with Crippen LogP contribution in [0.1, 0.15) is 18.9 Å². The predicted molar refractivity (Wildman–Crippen MR) is 53.5 cm³/mol. The highest BCUT2D eigenvalue weighted by Crippen LogP contribution is 2.19. The first kappa shape index (κ1) is 9.43. The number of aliphatic imine (C=N–C) groups is 1. The van der Waals surface area contributed by atoms with Crippen LogP contribution in [0.4, 0.5) is 5.69 Å². The summed E-state index contributed by atoms with van der Waals surface area (Å²) >= 11 is 0. The number of benzene rings is 1. The molecule has 0 spiro atoms. The fraction of sp³-hybridized carbons (Fsp3) is 0.182. The second-order valence-corrected chi connectivity index (χ2v) is 2.57. The molecular weight excluding hydrogens is 162 g/mol. The molecule has 0 aliphatic heterocycles. The summed E-state index contributed by atoms with van der Waals surface area (Å²) in [6, 6.07) is 7.47. The van der Waals surface area contributed by atoms with Crippen LogP contribution in [0, 0.1) is 0 Å². The standard InChI is InChI=1S/C11H11NO/c1-2-3-6-10-7-4-5-8-11(10)12-9-13/h3-8H,2H2,1H3. The van der Waals surface area contributed by atoms with Crippen molar-refractivity contribution >= 4 is 17.8 Å². The van der Waals surface area contributed by atoms with Gasteiger partial charge in [0.05, 0.1) is 5.69 Å². The molecule has 0 heterocycles. The molecule has 0 N–H and O–H groups in total. The van der Waals surface area contributed by atoms with Crippen molar-refractivity contribution < 1.29 is 4.79 Å². The quantitative estimate of drug-likeness (QED) is 0.510. The average Bonchev–Trinajstić information content (AvgIpc) is 2.17. The highest BCUT2D eigenvalue weighted by atomic mass is 16.1. The van der Waals surface area contributed by atoms with E-state index in [9.17, 15) is 4.79 Å². The number of hydrogen-bond donors (Lipinski definition) is 0. The first-order valence-electron chi connectivity index (χ1n) is 4.22. The van der Waals surface area contributed by atoms with Crippen LogP contribution in [0.15, 0.2) is 35.3 Å². The zero-order valence-corrected chi connectivity index (χ0v) is 7.53. The minimum absolute atomic E-state index is 0.669. The van der Waals surface area contributed by atoms with E-state index >= 15 is 0 Å². The number of hydrogen-bond acceptors (Lipinski definition) is 2. The highest BCUT2D eigenvalue weighted by Gasteiger charge is 1.94. The molecule has 0 aliphatic rings. The molecule has 2 nitrogen and oxygen atoms in total. The molecule has 1 aromatic rings. The van der Waals surface area contributed by atoms with Crippen molar-refractivity contribution in [2.75, 3.05) is 0 Å². The zero-order chi connectivity index (χ0) is 9.52. The third kappa shape index (κ3) is 2.69. The number of allylic oxidation sites excluding steroid dienone is 1. The lowest BCUT2D eigenvalue weighted by molar-refractivity contribution is 0.565. The highest BCUT2D eigenvalue weighted by molar-refractivity contribution is 5.66. The maximum Gasteiger partial charge on any atom is 0.240 e. The van der Waals surface area contributed by atoms with E-state index in [1.165, 1.54) is 0 Å². The van der Waals surface area contributed by atoms with Crippen LogP contribution in [-0.2, 0) is 4.79 Å². The summed E-state index contributed by atoms with van der Waals surface area (Å²) in [5.41, 5.74) is 1.62. The molecule has 0 saturated carbocycles. The lowest BCUT2D eigenvalue weighted by Crippen LogP contribution is -1.72. The van der Waals surface area contributed by atoms with Gasteiger partial charge < -0.3 is 0 Å². The Kier molecular flexibility index (Phi) is 3.68. The minimum Gasteiger partial charge on any atom is -0.211 e. The fourth-order valence-corrected chi connectivity index (χ4v) is 1.02. The van der Waals surface area contributed by atoms with Crippen LogP contribution in [0.2, 0.25) is 0 Å². The van der Waals surface area contributed by atoms with Crippen LogP contribution in [0.25, 0.3) is 6.08 Å². The van der Waals surface area contributed by atoms with Gasteiger partial charge in [0.25, 0.3) is 0 Å². The van der Waals surface area contributed by atoms with E-state index < -0.39 is 0 Å². The summed E-state index contributed by atoms with van der Waals surface area (Å²) in [4.78, 5) is 13.7. The van der Waals surface area contributed by atoms with Gasteiger partial charge in [-0.2, -0.15) is 4.99 Å². The molecule has 1 aromatic carbocycles. The molecule has 0 unspecified atom stereocenters. The molecule has 0 atom stereocenters. The summed E-state index contributed by atoms with van der Waals surface area (Å²) in [6.07, 6.45) is 6.49. The van der Waals surface area contributed by atoms with Gasteiger partial charge in [0.15, 0.2) is 0 Å². The second kappa shape index (κ2) is 5.07. The van der Waals surface area contributed by atoms with Gasteiger partial charge in [0, 0.05) is 5.56 Å².